The van der Waals surface area contributed by atoms with Crippen LogP contribution in [0, 0.1) is 0 Å². The van der Waals surface area contributed by atoms with Crippen molar-refractivity contribution in [3.63, 3.8) is 0 Å². The van der Waals surface area contributed by atoms with Crippen molar-refractivity contribution in [3.05, 3.63) is 79.1 Å². The van der Waals surface area contributed by atoms with Gasteiger partial charge in [0.1, 0.15) is 30.1 Å². The lowest BCUT2D eigenvalue weighted by Gasteiger charge is -2.37. The molecule has 6 rings (SSSR count). The van der Waals surface area contributed by atoms with Crippen LogP contribution in [0.2, 0.25) is 0 Å². The molecular weight excluding hydrogens is 528 g/mol. The van der Waals surface area contributed by atoms with Crippen LogP contribution < -0.4 is 10.1 Å². The van der Waals surface area contributed by atoms with Gasteiger partial charge in [0.25, 0.3) is 0 Å². The molecule has 0 radical (unpaired) electrons. The molecule has 0 atom stereocenters. The van der Waals surface area contributed by atoms with Crippen molar-refractivity contribution in [2.75, 3.05) is 37.8 Å². The predicted molar refractivity (Wildman–Crippen MR) is 153 cm³/mol. The third-order valence-corrected chi connectivity index (χ3v) is 8.59. The Kier molecular flexibility index (Phi) is 6.95. The van der Waals surface area contributed by atoms with E-state index < -0.39 is 9.84 Å². The lowest BCUT2D eigenvalue weighted by atomic mass is 10.1. The van der Waals surface area contributed by atoms with E-state index in [1.54, 1.807) is 17.2 Å². The summed E-state index contributed by atoms with van der Waals surface area (Å²) in [6.07, 6.45) is 10.4. The first-order valence-electron chi connectivity index (χ1n) is 13.0. The van der Waals surface area contributed by atoms with Gasteiger partial charge in [-0.05, 0) is 17.2 Å². The van der Waals surface area contributed by atoms with Crippen LogP contribution in [0.5, 0.6) is 5.75 Å². The minimum Gasteiger partial charge on any atom is -0.492 e. The maximum absolute atomic E-state index is 11.6. The summed E-state index contributed by atoms with van der Waals surface area (Å²) in [6, 6.07) is 14.1. The first kappa shape index (κ1) is 26.0. The molecule has 12 heteroatoms. The summed E-state index contributed by atoms with van der Waals surface area (Å²) in [4.78, 5) is 15.5. The highest BCUT2D eigenvalue weighted by Crippen LogP contribution is 2.24. The summed E-state index contributed by atoms with van der Waals surface area (Å²) < 4.78 is 32.8. The Balaban J connectivity index is 1.06. The van der Waals surface area contributed by atoms with Crippen LogP contribution in [0.25, 0.3) is 28.2 Å². The van der Waals surface area contributed by atoms with Crippen molar-refractivity contribution in [1.82, 2.24) is 34.0 Å². The molecule has 5 aromatic rings. The molecule has 1 aliphatic heterocycles. The SMILES string of the molecule is Cn1cc(-c2ccc(CNc3cc(-c4cnc5cc(OCCN6CC(S(C)(=O)=O)C6)ccn45)ncn3)cc2)cn1. The highest BCUT2D eigenvalue weighted by molar-refractivity contribution is 7.91. The van der Waals surface area contributed by atoms with Gasteiger partial charge in [0.05, 0.1) is 29.0 Å². The minimum atomic E-state index is -2.96. The highest BCUT2D eigenvalue weighted by atomic mass is 32.2. The van der Waals surface area contributed by atoms with E-state index in [1.807, 2.05) is 48.2 Å². The van der Waals surface area contributed by atoms with E-state index in [0.717, 1.165) is 39.5 Å². The summed E-state index contributed by atoms with van der Waals surface area (Å²) in [5.74, 6) is 1.43. The van der Waals surface area contributed by atoms with Gasteiger partial charge in [-0.25, -0.2) is 23.4 Å². The molecule has 1 N–H and O–H groups in total. The van der Waals surface area contributed by atoms with Crippen molar-refractivity contribution in [3.8, 4) is 28.3 Å². The van der Waals surface area contributed by atoms with Crippen molar-refractivity contribution < 1.29 is 13.2 Å². The highest BCUT2D eigenvalue weighted by Gasteiger charge is 2.33. The molecule has 0 bridgehead atoms. The first-order chi connectivity index (χ1) is 19.3. The van der Waals surface area contributed by atoms with E-state index in [9.17, 15) is 8.42 Å². The molecule has 0 amide bonds. The number of anilines is 1. The lowest BCUT2D eigenvalue weighted by Crippen LogP contribution is -2.55. The number of pyridine rings is 1. The zero-order valence-electron chi connectivity index (χ0n) is 22.3. The summed E-state index contributed by atoms with van der Waals surface area (Å²) in [5.41, 5.74) is 5.70. The van der Waals surface area contributed by atoms with Gasteiger partial charge in [0, 0.05) is 69.6 Å². The topological polar surface area (TPSA) is 120 Å². The van der Waals surface area contributed by atoms with Gasteiger partial charge in [0.15, 0.2) is 9.84 Å². The lowest BCUT2D eigenvalue weighted by molar-refractivity contribution is 0.150. The molecule has 1 fully saturated rings. The number of hydrogen-bond donors (Lipinski definition) is 1. The molecule has 1 saturated heterocycles. The third-order valence-electron chi connectivity index (χ3n) is 7.09. The quantitative estimate of drug-likeness (QED) is 0.276. The van der Waals surface area contributed by atoms with Crippen LogP contribution in [0.1, 0.15) is 5.56 Å². The standard InChI is InChI=1S/C28H30N8O3S/c1-34-16-22(14-33-34)21-5-3-20(4-6-21)13-29-27-12-25(31-19-32-27)26-15-30-28-11-23(7-8-36(26)28)39-10-9-35-17-24(18-35)40(2,37)38/h3-8,11-12,14-16,19,24H,9-10,13,17-18H2,1-2H3,(H,29,31,32). The third kappa shape index (κ3) is 5.68. The molecule has 0 saturated carbocycles. The Labute approximate surface area is 232 Å². The van der Waals surface area contributed by atoms with Gasteiger partial charge in [-0.1, -0.05) is 24.3 Å². The second-order valence-electron chi connectivity index (χ2n) is 10.0. The van der Waals surface area contributed by atoms with E-state index in [0.29, 0.717) is 38.5 Å². The van der Waals surface area contributed by atoms with Crippen molar-refractivity contribution in [1.29, 1.82) is 0 Å². The summed E-state index contributed by atoms with van der Waals surface area (Å²) in [5, 5.41) is 7.36. The smallest absolute Gasteiger partial charge is 0.152 e. The number of nitrogens with one attached hydrogen (secondary N) is 1. The predicted octanol–water partition coefficient (Wildman–Crippen LogP) is 2.91. The van der Waals surface area contributed by atoms with Gasteiger partial charge >= 0.3 is 0 Å². The molecule has 40 heavy (non-hydrogen) atoms. The van der Waals surface area contributed by atoms with Crippen LogP contribution in [0.4, 0.5) is 5.82 Å². The van der Waals surface area contributed by atoms with E-state index in [1.165, 1.54) is 6.26 Å². The van der Waals surface area contributed by atoms with Crippen LogP contribution in [-0.4, -0.2) is 80.2 Å². The Morgan fingerprint density at radius 2 is 1.85 bits per heavy atom. The number of aryl methyl sites for hydroxylation is 1. The zero-order valence-corrected chi connectivity index (χ0v) is 23.1. The second kappa shape index (κ2) is 10.7. The summed E-state index contributed by atoms with van der Waals surface area (Å²) >= 11 is 0. The molecular formula is C28H30N8O3S. The zero-order chi connectivity index (χ0) is 27.7. The number of likely N-dealkylation sites (tertiary alicyclic amines) is 1. The molecule has 0 aliphatic carbocycles. The fourth-order valence-corrected chi connectivity index (χ4v) is 5.64. The maximum atomic E-state index is 11.6. The number of hydrogen-bond acceptors (Lipinski definition) is 9. The average molecular weight is 559 g/mol. The monoisotopic (exact) mass is 558 g/mol. The van der Waals surface area contributed by atoms with E-state index in [2.05, 4.69) is 54.5 Å². The van der Waals surface area contributed by atoms with Gasteiger partial charge < -0.3 is 10.1 Å². The summed E-state index contributed by atoms with van der Waals surface area (Å²) in [6.45, 7) is 2.93. The molecule has 0 unspecified atom stereocenters. The largest absolute Gasteiger partial charge is 0.492 e. The number of imidazole rings is 1. The Morgan fingerprint density at radius 3 is 2.60 bits per heavy atom. The van der Waals surface area contributed by atoms with Crippen LogP contribution >= 0.6 is 0 Å². The number of nitrogens with zero attached hydrogens (tertiary/aromatic N) is 7. The number of aromatic nitrogens is 6. The molecule has 0 spiro atoms. The van der Waals surface area contributed by atoms with Crippen molar-refractivity contribution in [2.45, 2.75) is 11.8 Å². The number of rotatable bonds is 10. The molecule has 1 aliphatic rings. The van der Waals surface area contributed by atoms with Gasteiger partial charge in [-0.2, -0.15) is 5.10 Å². The fourth-order valence-electron chi connectivity index (χ4n) is 4.68. The Hall–Kier alpha value is -4.29. The van der Waals surface area contributed by atoms with Gasteiger partial charge in [-0.15, -0.1) is 0 Å². The number of benzene rings is 1. The molecule has 5 heterocycles. The Bertz CT molecular complexity index is 1740. The second-order valence-corrected chi connectivity index (χ2v) is 12.4. The van der Waals surface area contributed by atoms with E-state index in [4.69, 9.17) is 4.74 Å². The van der Waals surface area contributed by atoms with Crippen LogP contribution in [0.15, 0.2) is 73.6 Å². The minimum absolute atomic E-state index is 0.255. The normalized spacial score (nSPS) is 14.3. The van der Waals surface area contributed by atoms with Gasteiger partial charge in [0.2, 0.25) is 0 Å². The van der Waals surface area contributed by atoms with Crippen LogP contribution in [-0.2, 0) is 23.4 Å². The van der Waals surface area contributed by atoms with Crippen LogP contribution in [0.3, 0.4) is 0 Å². The first-order valence-corrected chi connectivity index (χ1v) is 14.9. The average Bonchev–Trinajstić information content (AvgIpc) is 3.54. The molecule has 1 aromatic carbocycles. The Morgan fingerprint density at radius 1 is 1.02 bits per heavy atom. The molecule has 206 valence electrons. The van der Waals surface area contributed by atoms with Gasteiger partial charge in [-0.3, -0.25) is 14.0 Å². The fraction of sp³-hybridized carbons (Fsp3) is 0.286. The molecule has 4 aromatic heterocycles. The number of fused-ring (bicyclic) bond motifs is 1. The van der Waals surface area contributed by atoms with Crippen molar-refractivity contribution in [2.24, 2.45) is 7.05 Å². The van der Waals surface area contributed by atoms with Crippen molar-refractivity contribution >= 4 is 21.3 Å². The van der Waals surface area contributed by atoms with E-state index in [-0.39, 0.29) is 5.25 Å². The number of ether oxygens (including phenoxy) is 1. The maximum Gasteiger partial charge on any atom is 0.152 e. The molecule has 11 nitrogen and oxygen atoms in total. The number of sulfone groups is 1. The summed E-state index contributed by atoms with van der Waals surface area (Å²) in [7, 11) is -1.05. The van der Waals surface area contributed by atoms with E-state index >= 15 is 0 Å².